The molecule has 6 rings (SSSR count). The quantitative estimate of drug-likeness (QED) is 0.0840. The molecule has 510 valence electrons. The molecule has 6 aliphatic rings. The normalized spacial score (nSPS) is 21.2. The maximum atomic E-state index is 12.1. The molecular formula is C75H138O12. The summed E-state index contributed by atoms with van der Waals surface area (Å²) in [5.74, 6) is 0.375. The predicted octanol–water partition coefficient (Wildman–Crippen LogP) is 20.8. The first-order chi connectivity index (χ1) is 40.2. The van der Waals surface area contributed by atoms with E-state index in [9.17, 15) is 28.8 Å². The van der Waals surface area contributed by atoms with E-state index in [-0.39, 0.29) is 103 Å². The second kappa shape index (κ2) is 36.8. The Morgan fingerprint density at radius 1 is 0.322 bits per heavy atom. The number of carbonyl (C=O) groups is 6. The van der Waals surface area contributed by atoms with Crippen LogP contribution in [0.25, 0.3) is 0 Å². The number of ether oxygens (including phenoxy) is 6. The summed E-state index contributed by atoms with van der Waals surface area (Å²) in [6.45, 7) is 46.5. The minimum absolute atomic E-state index is 0.0168. The molecule has 0 amide bonds. The lowest BCUT2D eigenvalue weighted by molar-refractivity contribution is -0.175. The lowest BCUT2D eigenvalue weighted by Gasteiger charge is -2.36. The van der Waals surface area contributed by atoms with Gasteiger partial charge in [0, 0.05) is 0 Å². The minimum Gasteiger partial charge on any atom is -0.459 e. The van der Waals surface area contributed by atoms with Crippen molar-refractivity contribution < 1.29 is 57.2 Å². The van der Waals surface area contributed by atoms with E-state index in [1.165, 1.54) is 89.9 Å². The van der Waals surface area contributed by atoms with Gasteiger partial charge in [0.1, 0.15) is 33.6 Å². The van der Waals surface area contributed by atoms with E-state index >= 15 is 0 Å². The van der Waals surface area contributed by atoms with Crippen molar-refractivity contribution >= 4 is 35.8 Å². The molecule has 2 unspecified atom stereocenters. The second-order valence-electron chi connectivity index (χ2n) is 31.5. The summed E-state index contributed by atoms with van der Waals surface area (Å²) in [6.07, 6.45) is 35.4. The van der Waals surface area contributed by atoms with Gasteiger partial charge in [0.05, 0.1) is 33.5 Å². The zero-order valence-electron chi connectivity index (χ0n) is 61.0. The third-order valence-corrected chi connectivity index (χ3v) is 21.6. The second-order valence-corrected chi connectivity index (χ2v) is 31.5. The van der Waals surface area contributed by atoms with Gasteiger partial charge in [0.15, 0.2) is 0 Å². The van der Waals surface area contributed by atoms with Crippen molar-refractivity contribution in [3.05, 3.63) is 0 Å². The summed E-state index contributed by atoms with van der Waals surface area (Å²) in [5.41, 5.74) is -2.33. The van der Waals surface area contributed by atoms with E-state index in [2.05, 4.69) is 48.5 Å². The zero-order valence-corrected chi connectivity index (χ0v) is 61.0. The van der Waals surface area contributed by atoms with E-state index < -0.39 is 0 Å². The maximum absolute atomic E-state index is 12.1. The van der Waals surface area contributed by atoms with Crippen molar-refractivity contribution in [1.29, 1.82) is 0 Å². The Morgan fingerprint density at radius 2 is 0.552 bits per heavy atom. The van der Waals surface area contributed by atoms with Crippen molar-refractivity contribution in [1.82, 2.24) is 0 Å². The van der Waals surface area contributed by atoms with Crippen LogP contribution < -0.4 is 0 Å². The van der Waals surface area contributed by atoms with Crippen LogP contribution in [0.3, 0.4) is 0 Å². The standard InChI is InChI=1S/C14H26O2.2C13H24O2.2C12H22O2.C11H20O2/c1-6-13(4,5)12(15)16-14(11(2)3)9-7-8-10-14;1-5-12(2,3)11(14)15-13(4)9-7-6-8-10-13;1-5-12(3,4)11(14)15-13(6-2)9-7-8-10-13;1-5-11(2,3)10(13)14-12(4)8-6-7-9-12;1-4-10(2)11(13)14-12(3)8-6-5-7-9-12;1-4-9(2)10(12)13-11(3)7-5-6-8-11/h11H,6-10H2,1-5H3;2*5-10H2,1-4H3;5-9H2,1-4H3;10H,4-9H2,1-3H3;9H,4-8H2,1-3H3. The Morgan fingerprint density at radius 3 is 0.805 bits per heavy atom. The number of hydrogen-bond acceptors (Lipinski definition) is 12. The van der Waals surface area contributed by atoms with Gasteiger partial charge in [-0.3, -0.25) is 28.8 Å². The Kier molecular flexibility index (Phi) is 34.6. The molecule has 12 heteroatoms. The highest BCUT2D eigenvalue weighted by Crippen LogP contribution is 2.43. The molecule has 0 aromatic heterocycles. The molecule has 6 saturated carbocycles. The summed E-state index contributed by atoms with van der Waals surface area (Å²) in [5, 5.41) is 0. The van der Waals surface area contributed by atoms with E-state index in [0.717, 1.165) is 122 Å². The van der Waals surface area contributed by atoms with Gasteiger partial charge in [-0.2, -0.15) is 0 Å². The fourth-order valence-electron chi connectivity index (χ4n) is 11.6. The molecule has 6 aliphatic carbocycles. The van der Waals surface area contributed by atoms with Crippen LogP contribution in [0.1, 0.15) is 371 Å². The Bertz CT molecular complexity index is 2030. The molecule has 2 atom stereocenters. The molecule has 0 bridgehead atoms. The van der Waals surface area contributed by atoms with Crippen LogP contribution in [-0.4, -0.2) is 69.4 Å². The van der Waals surface area contributed by atoms with Crippen LogP contribution in [-0.2, 0) is 57.2 Å². The molecule has 0 aliphatic heterocycles. The minimum atomic E-state index is -0.343. The third-order valence-electron chi connectivity index (χ3n) is 21.6. The zero-order chi connectivity index (χ0) is 66.8. The van der Waals surface area contributed by atoms with Crippen molar-refractivity contribution in [3.8, 4) is 0 Å². The highest BCUT2D eigenvalue weighted by molar-refractivity contribution is 5.78. The molecule has 0 saturated heterocycles. The summed E-state index contributed by atoms with van der Waals surface area (Å²) in [7, 11) is 0. The maximum Gasteiger partial charge on any atom is 0.312 e. The summed E-state index contributed by atoms with van der Waals surface area (Å²) in [6, 6.07) is 0. The van der Waals surface area contributed by atoms with E-state index in [0.29, 0.717) is 5.92 Å². The van der Waals surface area contributed by atoms with Crippen LogP contribution in [0.2, 0.25) is 0 Å². The summed E-state index contributed by atoms with van der Waals surface area (Å²) >= 11 is 0. The van der Waals surface area contributed by atoms with Gasteiger partial charge in [-0.15, -0.1) is 0 Å². The third kappa shape index (κ3) is 27.7. The Labute approximate surface area is 534 Å². The summed E-state index contributed by atoms with van der Waals surface area (Å²) < 4.78 is 34.1. The number of carbonyl (C=O) groups excluding carboxylic acids is 6. The number of rotatable bonds is 20. The van der Waals surface area contributed by atoms with E-state index in [4.69, 9.17) is 28.4 Å². The van der Waals surface area contributed by atoms with E-state index in [1.807, 2.05) is 111 Å². The molecule has 87 heavy (non-hydrogen) atoms. The van der Waals surface area contributed by atoms with Crippen molar-refractivity contribution in [2.24, 2.45) is 39.4 Å². The predicted molar refractivity (Wildman–Crippen MR) is 356 cm³/mol. The first-order valence-electron chi connectivity index (χ1n) is 35.6. The Hall–Kier alpha value is -3.18. The van der Waals surface area contributed by atoms with Crippen LogP contribution in [0.5, 0.6) is 0 Å². The monoisotopic (exact) mass is 1230 g/mol. The smallest absolute Gasteiger partial charge is 0.312 e. The molecule has 0 spiro atoms. The lowest BCUT2D eigenvalue weighted by Crippen LogP contribution is -2.41. The molecule has 0 N–H and O–H groups in total. The van der Waals surface area contributed by atoms with Crippen LogP contribution in [0, 0.1) is 39.4 Å². The van der Waals surface area contributed by atoms with Gasteiger partial charge >= 0.3 is 35.8 Å². The number of esters is 6. The van der Waals surface area contributed by atoms with Crippen LogP contribution in [0.4, 0.5) is 0 Å². The van der Waals surface area contributed by atoms with Crippen LogP contribution >= 0.6 is 0 Å². The van der Waals surface area contributed by atoms with Gasteiger partial charge in [-0.25, -0.2) is 0 Å². The SMILES string of the molecule is CCC(C)(C)C(=O)OC1(C(C)C)CCCC1.CCC(C)(C)C(=O)OC1(C)CCCC1.CCC(C)(C)C(=O)OC1(C)CCCCC1.CCC(C)C(=O)OC1(C)CCCC1.CCC(C)C(=O)OC1(C)CCCCC1.CCC1(OC(=O)C(C)(C)CC)CCCC1. The fourth-order valence-corrected chi connectivity index (χ4v) is 11.6. The number of hydrogen-bond donors (Lipinski definition) is 0. The highest BCUT2D eigenvalue weighted by atomic mass is 16.6. The average molecular weight is 1230 g/mol. The largest absolute Gasteiger partial charge is 0.459 e. The van der Waals surface area contributed by atoms with Gasteiger partial charge in [-0.1, -0.05) is 89.0 Å². The summed E-state index contributed by atoms with van der Waals surface area (Å²) in [4.78, 5) is 71.1. The molecule has 0 radical (unpaired) electrons. The average Bonchev–Trinajstić information content (AvgIpc) is 2.59. The van der Waals surface area contributed by atoms with Gasteiger partial charge in [-0.05, 0) is 288 Å². The molecule has 0 aromatic rings. The lowest BCUT2D eigenvalue weighted by atomic mass is 9.85. The van der Waals surface area contributed by atoms with Gasteiger partial charge < -0.3 is 28.4 Å². The first-order valence-corrected chi connectivity index (χ1v) is 35.6. The van der Waals surface area contributed by atoms with Gasteiger partial charge in [0.25, 0.3) is 0 Å². The molecule has 12 nitrogen and oxygen atoms in total. The van der Waals surface area contributed by atoms with E-state index in [1.54, 1.807) is 0 Å². The van der Waals surface area contributed by atoms with Crippen molar-refractivity contribution in [2.75, 3.05) is 0 Å². The highest BCUT2D eigenvalue weighted by Gasteiger charge is 2.45. The van der Waals surface area contributed by atoms with Gasteiger partial charge in [0.2, 0.25) is 0 Å². The fraction of sp³-hybridized carbons (Fsp3) is 0.920. The van der Waals surface area contributed by atoms with Crippen molar-refractivity contribution in [2.45, 2.75) is 405 Å². The molecule has 6 fully saturated rings. The van der Waals surface area contributed by atoms with Crippen molar-refractivity contribution in [3.63, 3.8) is 0 Å². The van der Waals surface area contributed by atoms with Crippen LogP contribution in [0.15, 0.2) is 0 Å². The topological polar surface area (TPSA) is 158 Å². The molecule has 0 aromatic carbocycles. The Balaban J connectivity index is 0.000000523. The first kappa shape index (κ1) is 81.8. The molecular weight excluding hydrogens is 1090 g/mol. The molecule has 0 heterocycles.